The number of carbonyl (C=O) groups is 1. The van der Waals surface area contributed by atoms with Gasteiger partial charge in [-0.1, -0.05) is 26.2 Å². The van der Waals surface area contributed by atoms with Crippen LogP contribution < -0.4 is 10.0 Å². The highest BCUT2D eigenvalue weighted by molar-refractivity contribution is 5.93. The maximum atomic E-state index is 11.6. The van der Waals surface area contributed by atoms with Crippen LogP contribution >= 0.6 is 0 Å². The van der Waals surface area contributed by atoms with E-state index in [2.05, 4.69) is 12.2 Å². The van der Waals surface area contributed by atoms with Crippen molar-refractivity contribution in [2.45, 2.75) is 32.6 Å². The van der Waals surface area contributed by atoms with Gasteiger partial charge in [0.1, 0.15) is 0 Å². The molecule has 0 saturated carbocycles. The topological polar surface area (TPSA) is 56.0 Å². The lowest BCUT2D eigenvalue weighted by atomic mass is 10.2. The molecule has 1 aromatic heterocycles. The monoisotopic (exact) mass is 222 g/mol. The molecule has 0 saturated heterocycles. The molecule has 1 N–H and O–H groups in total. The Morgan fingerprint density at radius 3 is 2.62 bits per heavy atom. The third-order valence-electron chi connectivity index (χ3n) is 2.38. The molecule has 0 bridgehead atoms. The largest absolute Gasteiger partial charge is 0.619 e. The first-order chi connectivity index (χ1) is 7.74. The zero-order valence-corrected chi connectivity index (χ0v) is 9.61. The summed E-state index contributed by atoms with van der Waals surface area (Å²) < 4.78 is 0.665. The number of nitrogens with zero attached hydrogens (tertiary/aromatic N) is 1. The second-order valence-corrected chi connectivity index (χ2v) is 3.76. The van der Waals surface area contributed by atoms with E-state index in [4.69, 9.17) is 0 Å². The molecule has 1 aromatic rings. The van der Waals surface area contributed by atoms with Gasteiger partial charge in [0.15, 0.2) is 12.4 Å². The summed E-state index contributed by atoms with van der Waals surface area (Å²) in [5.74, 6) is -0.114. The van der Waals surface area contributed by atoms with Gasteiger partial charge in [-0.2, -0.15) is 4.73 Å². The Bertz CT molecular complexity index is 322. The lowest BCUT2D eigenvalue weighted by Crippen LogP contribution is -2.28. The first-order valence-electron chi connectivity index (χ1n) is 5.71. The van der Waals surface area contributed by atoms with Crippen LogP contribution in [0.3, 0.4) is 0 Å². The lowest BCUT2D eigenvalue weighted by molar-refractivity contribution is -0.605. The van der Waals surface area contributed by atoms with Crippen LogP contribution in [0.1, 0.15) is 43.0 Å². The second-order valence-electron chi connectivity index (χ2n) is 3.76. The van der Waals surface area contributed by atoms with Crippen molar-refractivity contribution in [3.63, 3.8) is 0 Å². The summed E-state index contributed by atoms with van der Waals surface area (Å²) in [7, 11) is 0. The highest BCUT2D eigenvalue weighted by atomic mass is 16.5. The molecule has 4 heteroatoms. The van der Waals surface area contributed by atoms with Crippen LogP contribution in [0.15, 0.2) is 24.5 Å². The number of carbonyl (C=O) groups excluding carboxylic acids is 1. The SMILES string of the molecule is CCCCCCNC(=O)c1cc[n+]([O-])cc1. The maximum absolute atomic E-state index is 11.6. The molecular formula is C12H18N2O2. The van der Waals surface area contributed by atoms with E-state index in [1.54, 1.807) is 0 Å². The van der Waals surface area contributed by atoms with Crippen molar-refractivity contribution >= 4 is 5.91 Å². The highest BCUT2D eigenvalue weighted by Gasteiger charge is 2.05. The van der Waals surface area contributed by atoms with Crippen molar-refractivity contribution in [1.29, 1.82) is 0 Å². The van der Waals surface area contributed by atoms with Gasteiger partial charge < -0.3 is 10.5 Å². The Morgan fingerprint density at radius 2 is 2.00 bits per heavy atom. The molecule has 0 aliphatic carbocycles. The normalized spacial score (nSPS) is 10.1. The number of hydrogen-bond acceptors (Lipinski definition) is 2. The molecule has 4 nitrogen and oxygen atoms in total. The molecule has 88 valence electrons. The minimum atomic E-state index is -0.114. The fraction of sp³-hybridized carbons (Fsp3) is 0.500. The summed E-state index contributed by atoms with van der Waals surface area (Å²) >= 11 is 0. The summed E-state index contributed by atoms with van der Waals surface area (Å²) in [6.45, 7) is 2.85. The molecule has 0 fully saturated rings. The van der Waals surface area contributed by atoms with E-state index in [-0.39, 0.29) is 5.91 Å². The van der Waals surface area contributed by atoms with Gasteiger partial charge in [-0.15, -0.1) is 0 Å². The number of unbranched alkanes of at least 4 members (excludes halogenated alkanes) is 3. The molecule has 0 radical (unpaired) electrons. The minimum Gasteiger partial charge on any atom is -0.619 e. The molecule has 1 rings (SSSR count). The van der Waals surface area contributed by atoms with Gasteiger partial charge in [0, 0.05) is 18.7 Å². The van der Waals surface area contributed by atoms with Crippen LogP contribution in [0.4, 0.5) is 0 Å². The number of pyridine rings is 1. The van der Waals surface area contributed by atoms with E-state index in [0.717, 1.165) is 12.8 Å². The first-order valence-corrected chi connectivity index (χ1v) is 5.71. The number of rotatable bonds is 6. The van der Waals surface area contributed by atoms with Gasteiger partial charge in [0.2, 0.25) is 0 Å². The Kier molecular flexibility index (Phi) is 5.32. The number of hydrogen-bond donors (Lipinski definition) is 1. The number of amides is 1. The van der Waals surface area contributed by atoms with Gasteiger partial charge in [-0.05, 0) is 6.42 Å². The molecule has 0 unspecified atom stereocenters. The molecule has 0 atom stereocenters. The summed E-state index contributed by atoms with van der Waals surface area (Å²) in [5.41, 5.74) is 0.530. The predicted molar refractivity (Wildman–Crippen MR) is 61.9 cm³/mol. The van der Waals surface area contributed by atoms with Crippen molar-refractivity contribution < 1.29 is 9.52 Å². The third-order valence-corrected chi connectivity index (χ3v) is 2.38. The fourth-order valence-electron chi connectivity index (χ4n) is 1.42. The van der Waals surface area contributed by atoms with Crippen molar-refractivity contribution in [3.05, 3.63) is 35.3 Å². The van der Waals surface area contributed by atoms with E-state index in [1.165, 1.54) is 37.4 Å². The van der Waals surface area contributed by atoms with Crippen molar-refractivity contribution in [3.8, 4) is 0 Å². The van der Waals surface area contributed by atoms with Gasteiger partial charge >= 0.3 is 0 Å². The number of nitrogens with one attached hydrogen (secondary N) is 1. The summed E-state index contributed by atoms with van der Waals surface area (Å²) in [4.78, 5) is 11.6. The number of aromatic nitrogens is 1. The highest BCUT2D eigenvalue weighted by Crippen LogP contribution is 1.98. The Morgan fingerprint density at radius 1 is 1.31 bits per heavy atom. The molecular weight excluding hydrogens is 204 g/mol. The quantitative estimate of drug-likeness (QED) is 0.452. The van der Waals surface area contributed by atoms with Crippen molar-refractivity contribution in [2.24, 2.45) is 0 Å². The van der Waals surface area contributed by atoms with E-state index in [9.17, 15) is 10.0 Å². The van der Waals surface area contributed by atoms with E-state index >= 15 is 0 Å². The Labute approximate surface area is 95.9 Å². The van der Waals surface area contributed by atoms with E-state index in [0.29, 0.717) is 16.8 Å². The average molecular weight is 222 g/mol. The van der Waals surface area contributed by atoms with Crippen LogP contribution in [-0.4, -0.2) is 12.5 Å². The van der Waals surface area contributed by atoms with Crippen LogP contribution in [0.5, 0.6) is 0 Å². The second kappa shape index (κ2) is 6.82. The lowest BCUT2D eigenvalue weighted by Gasteiger charge is -2.04. The standard InChI is InChI=1S/C12H18N2O2/c1-2-3-4-5-8-13-12(15)11-6-9-14(16)10-7-11/h6-7,9-10H,2-5,8H2,1H3,(H,13,15). The van der Waals surface area contributed by atoms with Gasteiger partial charge in [0.05, 0.1) is 5.56 Å². The fourth-order valence-corrected chi connectivity index (χ4v) is 1.42. The van der Waals surface area contributed by atoms with Crippen molar-refractivity contribution in [2.75, 3.05) is 6.54 Å². The van der Waals surface area contributed by atoms with Gasteiger partial charge in [0.25, 0.3) is 5.91 Å². The van der Waals surface area contributed by atoms with Gasteiger partial charge in [-0.25, -0.2) is 0 Å². The molecule has 1 amide bonds. The summed E-state index contributed by atoms with van der Waals surface area (Å²) in [5, 5.41) is 13.6. The smallest absolute Gasteiger partial charge is 0.251 e. The van der Waals surface area contributed by atoms with E-state index in [1.807, 2.05) is 0 Å². The molecule has 1 heterocycles. The maximum Gasteiger partial charge on any atom is 0.251 e. The third kappa shape index (κ3) is 4.29. The van der Waals surface area contributed by atoms with Crippen LogP contribution in [-0.2, 0) is 0 Å². The Balaban J connectivity index is 2.27. The van der Waals surface area contributed by atoms with E-state index < -0.39 is 0 Å². The van der Waals surface area contributed by atoms with Gasteiger partial charge in [-0.3, -0.25) is 4.79 Å². The predicted octanol–water partition coefficient (Wildman–Crippen LogP) is 1.63. The molecule has 0 aliphatic heterocycles. The van der Waals surface area contributed by atoms with Crippen molar-refractivity contribution in [1.82, 2.24) is 5.32 Å². The summed E-state index contributed by atoms with van der Waals surface area (Å²) in [6, 6.07) is 3.04. The molecule has 16 heavy (non-hydrogen) atoms. The molecule has 0 spiro atoms. The summed E-state index contributed by atoms with van der Waals surface area (Å²) in [6.07, 6.45) is 7.20. The first kappa shape index (κ1) is 12.5. The zero-order chi connectivity index (χ0) is 11.8. The van der Waals surface area contributed by atoms with Crippen LogP contribution in [0.2, 0.25) is 0 Å². The minimum absolute atomic E-state index is 0.114. The molecule has 0 aromatic carbocycles. The molecule has 0 aliphatic rings. The zero-order valence-electron chi connectivity index (χ0n) is 9.61. The average Bonchev–Trinajstić information content (AvgIpc) is 2.29. The van der Waals surface area contributed by atoms with Crippen LogP contribution in [0, 0.1) is 5.21 Å². The Hall–Kier alpha value is -1.58. The van der Waals surface area contributed by atoms with Crippen LogP contribution in [0.25, 0.3) is 0 Å².